The van der Waals surface area contributed by atoms with Gasteiger partial charge in [0.2, 0.25) is 11.2 Å². The molecule has 4 aromatic carbocycles. The number of amides is 1. The van der Waals surface area contributed by atoms with Gasteiger partial charge in [0.15, 0.2) is 6.61 Å². The number of nitrogens with one attached hydrogen (secondary N) is 1. The molecular weight excluding hydrogens is 470 g/mol. The molecule has 5 rings (SSSR count). The van der Waals surface area contributed by atoms with Crippen LogP contribution in [0, 0.1) is 6.92 Å². The lowest BCUT2D eigenvalue weighted by Gasteiger charge is -2.10. The largest absolute Gasteiger partial charge is 0.484 e. The van der Waals surface area contributed by atoms with E-state index >= 15 is 0 Å². The van der Waals surface area contributed by atoms with Crippen molar-refractivity contribution in [3.05, 3.63) is 119 Å². The summed E-state index contributed by atoms with van der Waals surface area (Å²) in [6, 6.07) is 28.6. The molecule has 0 fully saturated rings. The van der Waals surface area contributed by atoms with Gasteiger partial charge < -0.3 is 23.9 Å². The molecule has 0 spiro atoms. The topological polar surface area (TPSA) is 87.0 Å². The number of fused-ring (bicyclic) bond motifs is 1. The van der Waals surface area contributed by atoms with E-state index in [2.05, 4.69) is 5.32 Å². The van der Waals surface area contributed by atoms with Gasteiger partial charge in [-0.2, -0.15) is 0 Å². The van der Waals surface area contributed by atoms with Crippen molar-refractivity contribution in [1.29, 1.82) is 0 Å². The van der Waals surface area contributed by atoms with Gasteiger partial charge in [-0.1, -0.05) is 30.3 Å². The summed E-state index contributed by atoms with van der Waals surface area (Å²) >= 11 is 0. The van der Waals surface area contributed by atoms with Crippen LogP contribution in [0.2, 0.25) is 0 Å². The number of rotatable bonds is 8. The number of hydrogen-bond donors (Lipinski definition) is 1. The van der Waals surface area contributed by atoms with E-state index in [1.54, 1.807) is 48.5 Å². The predicted octanol–water partition coefficient (Wildman–Crippen LogP) is 6.70. The Morgan fingerprint density at radius 2 is 1.51 bits per heavy atom. The lowest BCUT2D eigenvalue weighted by atomic mass is 10.2. The fourth-order valence-electron chi connectivity index (χ4n) is 3.63. The first-order chi connectivity index (χ1) is 18.0. The Balaban J connectivity index is 1.19. The highest BCUT2D eigenvalue weighted by Crippen LogP contribution is 2.25. The molecule has 1 aromatic heterocycles. The van der Waals surface area contributed by atoms with Crippen molar-refractivity contribution in [1.82, 2.24) is 0 Å². The molecule has 0 aliphatic carbocycles. The third-order valence-electron chi connectivity index (χ3n) is 5.42. The van der Waals surface area contributed by atoms with Crippen molar-refractivity contribution in [2.45, 2.75) is 6.92 Å². The van der Waals surface area contributed by atoms with E-state index in [9.17, 15) is 9.59 Å². The quantitative estimate of drug-likeness (QED) is 0.259. The third-order valence-corrected chi connectivity index (χ3v) is 5.42. The van der Waals surface area contributed by atoms with Gasteiger partial charge >= 0.3 is 0 Å². The van der Waals surface area contributed by atoms with Crippen molar-refractivity contribution in [3.8, 4) is 28.7 Å². The van der Waals surface area contributed by atoms with Crippen LogP contribution < -0.4 is 25.0 Å². The summed E-state index contributed by atoms with van der Waals surface area (Å²) in [6.07, 6.45) is 1.27. The van der Waals surface area contributed by atoms with E-state index in [0.29, 0.717) is 33.9 Å². The number of carbonyl (C=O) groups excluding carboxylic acids is 1. The van der Waals surface area contributed by atoms with Crippen LogP contribution in [0.1, 0.15) is 5.56 Å². The van der Waals surface area contributed by atoms with Crippen LogP contribution in [-0.2, 0) is 4.79 Å². The molecule has 1 heterocycles. The van der Waals surface area contributed by atoms with Gasteiger partial charge in [-0.3, -0.25) is 9.59 Å². The number of carbonyl (C=O) groups is 1. The van der Waals surface area contributed by atoms with Gasteiger partial charge in [-0.15, -0.1) is 0 Å². The number of anilines is 1. The zero-order valence-electron chi connectivity index (χ0n) is 20.0. The maximum atomic E-state index is 12.8. The van der Waals surface area contributed by atoms with Crippen molar-refractivity contribution >= 4 is 22.6 Å². The fourth-order valence-corrected chi connectivity index (χ4v) is 3.63. The van der Waals surface area contributed by atoms with E-state index < -0.39 is 0 Å². The third kappa shape index (κ3) is 5.97. The molecule has 0 bridgehead atoms. The van der Waals surface area contributed by atoms with Crippen molar-refractivity contribution in [2.24, 2.45) is 0 Å². The summed E-state index contributed by atoms with van der Waals surface area (Å²) in [7, 11) is 0. The van der Waals surface area contributed by atoms with Gasteiger partial charge in [0.05, 0.1) is 5.39 Å². The Labute approximate surface area is 212 Å². The number of para-hydroxylation sites is 1. The maximum absolute atomic E-state index is 12.8. The molecule has 1 amide bonds. The molecule has 0 aliphatic rings. The molecule has 184 valence electrons. The minimum Gasteiger partial charge on any atom is -0.484 e. The second-order valence-electron chi connectivity index (χ2n) is 8.28. The maximum Gasteiger partial charge on any atom is 0.262 e. The molecule has 7 nitrogen and oxygen atoms in total. The normalized spacial score (nSPS) is 10.6. The summed E-state index contributed by atoms with van der Waals surface area (Å²) in [5.74, 6) is 2.09. The summed E-state index contributed by atoms with van der Waals surface area (Å²) in [6.45, 7) is 1.72. The highest BCUT2D eigenvalue weighted by molar-refractivity contribution is 5.92. The number of ether oxygens (including phenoxy) is 3. The highest BCUT2D eigenvalue weighted by Gasteiger charge is 2.11. The number of aryl methyl sites for hydroxylation is 1. The summed E-state index contributed by atoms with van der Waals surface area (Å²) in [4.78, 5) is 25.2. The number of benzene rings is 4. The Hall–Kier alpha value is -5.04. The van der Waals surface area contributed by atoms with Crippen LogP contribution in [0.3, 0.4) is 0 Å². The van der Waals surface area contributed by atoms with Crippen molar-refractivity contribution in [2.75, 3.05) is 11.9 Å². The van der Waals surface area contributed by atoms with E-state index in [1.165, 1.54) is 6.26 Å². The highest BCUT2D eigenvalue weighted by atomic mass is 16.5. The van der Waals surface area contributed by atoms with E-state index in [1.807, 2.05) is 55.5 Å². The second kappa shape index (κ2) is 10.7. The summed E-state index contributed by atoms with van der Waals surface area (Å²) < 4.78 is 22.7. The molecule has 0 unspecified atom stereocenters. The second-order valence-corrected chi connectivity index (χ2v) is 8.28. The Morgan fingerprint density at radius 1 is 0.784 bits per heavy atom. The van der Waals surface area contributed by atoms with Gasteiger partial charge in [0, 0.05) is 11.8 Å². The molecule has 1 N–H and O–H groups in total. The van der Waals surface area contributed by atoms with Gasteiger partial charge in [0.1, 0.15) is 34.8 Å². The standard InChI is InChI=1S/C30H23NO6/c1-20-6-5-9-25(16-20)37-28-18-35-27-17-24(14-15-26(27)30(28)33)34-19-29(32)31-21-10-12-23(13-11-21)36-22-7-3-2-4-8-22/h2-18H,19H2,1H3,(H,31,32). The van der Waals surface area contributed by atoms with Gasteiger partial charge in [-0.05, 0) is 73.2 Å². The summed E-state index contributed by atoms with van der Waals surface area (Å²) in [5, 5.41) is 3.12. The molecule has 0 saturated heterocycles. The Morgan fingerprint density at radius 3 is 2.30 bits per heavy atom. The molecule has 0 radical (unpaired) electrons. The van der Waals surface area contributed by atoms with Crippen LogP contribution >= 0.6 is 0 Å². The van der Waals surface area contributed by atoms with Crippen LogP contribution in [0.25, 0.3) is 11.0 Å². The Kier molecular flexibility index (Phi) is 6.85. The molecule has 0 saturated carbocycles. The van der Waals surface area contributed by atoms with Crippen LogP contribution in [0.15, 0.2) is 113 Å². The molecule has 7 heteroatoms. The van der Waals surface area contributed by atoms with Crippen molar-refractivity contribution < 1.29 is 23.4 Å². The van der Waals surface area contributed by atoms with Crippen LogP contribution in [0.5, 0.6) is 28.7 Å². The van der Waals surface area contributed by atoms with Gasteiger partial charge in [-0.25, -0.2) is 0 Å². The number of hydrogen-bond acceptors (Lipinski definition) is 6. The molecule has 0 aliphatic heterocycles. The zero-order valence-corrected chi connectivity index (χ0v) is 20.0. The SMILES string of the molecule is Cc1cccc(Oc2coc3cc(OCC(=O)Nc4ccc(Oc5ccccc5)cc4)ccc3c2=O)c1. The first kappa shape index (κ1) is 23.7. The average molecular weight is 494 g/mol. The minimum absolute atomic E-state index is 0.0892. The molecule has 0 atom stereocenters. The van der Waals surface area contributed by atoms with E-state index in [0.717, 1.165) is 11.3 Å². The van der Waals surface area contributed by atoms with E-state index in [-0.39, 0.29) is 23.7 Å². The van der Waals surface area contributed by atoms with Crippen molar-refractivity contribution in [3.63, 3.8) is 0 Å². The first-order valence-electron chi connectivity index (χ1n) is 11.6. The smallest absolute Gasteiger partial charge is 0.262 e. The monoisotopic (exact) mass is 493 g/mol. The Bertz CT molecular complexity index is 1590. The van der Waals surface area contributed by atoms with Crippen LogP contribution in [-0.4, -0.2) is 12.5 Å². The fraction of sp³-hybridized carbons (Fsp3) is 0.0667. The molecule has 37 heavy (non-hydrogen) atoms. The average Bonchev–Trinajstić information content (AvgIpc) is 2.91. The summed E-state index contributed by atoms with van der Waals surface area (Å²) in [5.41, 5.74) is 1.66. The van der Waals surface area contributed by atoms with Crippen LogP contribution in [0.4, 0.5) is 5.69 Å². The lowest BCUT2D eigenvalue weighted by Crippen LogP contribution is -2.20. The lowest BCUT2D eigenvalue weighted by molar-refractivity contribution is -0.118. The molecule has 5 aromatic rings. The predicted molar refractivity (Wildman–Crippen MR) is 141 cm³/mol. The van der Waals surface area contributed by atoms with Gasteiger partial charge in [0.25, 0.3) is 5.91 Å². The minimum atomic E-state index is -0.333. The zero-order chi connectivity index (χ0) is 25.6. The van der Waals surface area contributed by atoms with E-state index in [4.69, 9.17) is 18.6 Å². The molecular formula is C30H23NO6. The first-order valence-corrected chi connectivity index (χ1v) is 11.6.